The maximum absolute atomic E-state index is 12.1. The number of ketones is 1. The largest absolute Gasteiger partial charge is 0.486 e. The van der Waals surface area contributed by atoms with Crippen LogP contribution >= 0.6 is 0 Å². The lowest BCUT2D eigenvalue weighted by molar-refractivity contribution is -0.148. The van der Waals surface area contributed by atoms with Crippen LogP contribution in [0.1, 0.15) is 34.3 Å². The summed E-state index contributed by atoms with van der Waals surface area (Å²) >= 11 is 0. The van der Waals surface area contributed by atoms with Crippen molar-refractivity contribution in [3.63, 3.8) is 0 Å². The number of esters is 1. The van der Waals surface area contributed by atoms with E-state index in [1.165, 1.54) is 0 Å². The predicted octanol–water partition coefficient (Wildman–Crippen LogP) is 2.63. The van der Waals surface area contributed by atoms with Crippen molar-refractivity contribution in [2.24, 2.45) is 0 Å². The second-order valence-corrected chi connectivity index (χ2v) is 7.03. The first-order chi connectivity index (χ1) is 14.5. The molecule has 1 heterocycles. The van der Waals surface area contributed by atoms with Gasteiger partial charge in [0.05, 0.1) is 6.42 Å². The molecular weight excluding hydrogens is 386 g/mol. The van der Waals surface area contributed by atoms with Crippen LogP contribution in [0, 0.1) is 6.92 Å². The molecule has 0 spiro atoms. The van der Waals surface area contributed by atoms with Crippen molar-refractivity contribution < 1.29 is 28.6 Å². The van der Waals surface area contributed by atoms with Gasteiger partial charge in [-0.3, -0.25) is 14.4 Å². The lowest BCUT2D eigenvalue weighted by Gasteiger charge is -2.18. The van der Waals surface area contributed by atoms with Gasteiger partial charge in [0.2, 0.25) is 0 Å². The van der Waals surface area contributed by atoms with E-state index in [2.05, 4.69) is 5.32 Å². The number of fused-ring (bicyclic) bond motifs is 1. The van der Waals surface area contributed by atoms with Crippen LogP contribution in [0.3, 0.4) is 0 Å². The molecule has 1 aliphatic rings. The van der Waals surface area contributed by atoms with Crippen LogP contribution < -0.4 is 14.8 Å². The third-order valence-electron chi connectivity index (χ3n) is 4.64. The summed E-state index contributed by atoms with van der Waals surface area (Å²) in [5.74, 6) is 0.347. The third kappa shape index (κ3) is 6.34. The van der Waals surface area contributed by atoms with Gasteiger partial charge in [-0.25, -0.2) is 0 Å². The minimum absolute atomic E-state index is 0.0492. The normalized spacial score (nSPS) is 12.2. The first-order valence-corrected chi connectivity index (χ1v) is 9.92. The maximum atomic E-state index is 12.1. The molecule has 0 radical (unpaired) electrons. The zero-order chi connectivity index (χ0) is 21.3. The van der Waals surface area contributed by atoms with Gasteiger partial charge in [0.1, 0.15) is 13.2 Å². The number of aryl methyl sites for hydroxylation is 1. The highest BCUT2D eigenvalue weighted by Gasteiger charge is 2.13. The van der Waals surface area contributed by atoms with Crippen LogP contribution in [0.25, 0.3) is 0 Å². The minimum atomic E-state index is -0.572. The molecule has 0 saturated heterocycles. The number of hydrogen-bond acceptors (Lipinski definition) is 6. The van der Waals surface area contributed by atoms with Gasteiger partial charge < -0.3 is 19.5 Å². The molecule has 0 saturated carbocycles. The minimum Gasteiger partial charge on any atom is -0.486 e. The summed E-state index contributed by atoms with van der Waals surface area (Å²) in [6.45, 7) is 3.05. The van der Waals surface area contributed by atoms with Gasteiger partial charge in [-0.05, 0) is 31.0 Å². The van der Waals surface area contributed by atoms with Gasteiger partial charge in [0.25, 0.3) is 5.91 Å². The second kappa shape index (κ2) is 10.4. The number of rotatable bonds is 9. The SMILES string of the molecule is Cc1ccc(C(=O)CCC(=O)OCC(=O)NCCc2ccc3c(c2)OCCO3)cc1. The summed E-state index contributed by atoms with van der Waals surface area (Å²) in [5.41, 5.74) is 2.63. The quantitative estimate of drug-likeness (QED) is 0.504. The molecule has 1 amide bonds. The third-order valence-corrected chi connectivity index (χ3v) is 4.64. The second-order valence-electron chi connectivity index (χ2n) is 7.03. The van der Waals surface area contributed by atoms with Gasteiger partial charge >= 0.3 is 5.97 Å². The monoisotopic (exact) mass is 411 g/mol. The lowest BCUT2D eigenvalue weighted by Crippen LogP contribution is -2.30. The van der Waals surface area contributed by atoms with Crippen LogP contribution in [-0.2, 0) is 20.7 Å². The molecule has 1 N–H and O–H groups in total. The van der Waals surface area contributed by atoms with Gasteiger partial charge in [-0.15, -0.1) is 0 Å². The van der Waals surface area contributed by atoms with E-state index in [-0.39, 0.29) is 31.1 Å². The molecule has 2 aromatic carbocycles. The van der Waals surface area contributed by atoms with Gasteiger partial charge in [-0.1, -0.05) is 35.9 Å². The Balaban J connectivity index is 1.32. The van der Waals surface area contributed by atoms with Crippen LogP contribution in [-0.4, -0.2) is 44.0 Å². The molecule has 3 rings (SSSR count). The fourth-order valence-electron chi connectivity index (χ4n) is 2.96. The highest BCUT2D eigenvalue weighted by molar-refractivity contribution is 5.97. The van der Waals surface area contributed by atoms with Crippen LogP contribution in [0.2, 0.25) is 0 Å². The van der Waals surface area contributed by atoms with E-state index in [9.17, 15) is 14.4 Å². The van der Waals surface area contributed by atoms with Crippen molar-refractivity contribution in [2.45, 2.75) is 26.2 Å². The Hall–Kier alpha value is -3.35. The fourth-order valence-corrected chi connectivity index (χ4v) is 2.96. The predicted molar refractivity (Wildman–Crippen MR) is 110 cm³/mol. The van der Waals surface area contributed by atoms with Crippen LogP contribution in [0.4, 0.5) is 0 Å². The summed E-state index contributed by atoms with van der Waals surface area (Å²) in [4.78, 5) is 35.7. The van der Waals surface area contributed by atoms with E-state index < -0.39 is 5.97 Å². The number of carbonyl (C=O) groups is 3. The summed E-state index contributed by atoms with van der Waals surface area (Å²) in [6, 6.07) is 12.8. The Morgan fingerprint density at radius 1 is 0.967 bits per heavy atom. The molecular formula is C23H25NO6. The van der Waals surface area contributed by atoms with E-state index in [4.69, 9.17) is 14.2 Å². The summed E-state index contributed by atoms with van der Waals surface area (Å²) in [7, 11) is 0. The Labute approximate surface area is 175 Å². The Bertz CT molecular complexity index is 906. The Morgan fingerprint density at radius 2 is 1.70 bits per heavy atom. The van der Waals surface area contributed by atoms with E-state index in [1.807, 2.05) is 37.3 Å². The van der Waals surface area contributed by atoms with Gasteiger partial charge in [0, 0.05) is 18.5 Å². The molecule has 0 bridgehead atoms. The van der Waals surface area contributed by atoms with Crippen molar-refractivity contribution in [3.8, 4) is 11.5 Å². The number of benzene rings is 2. The standard InChI is InChI=1S/C23H25NO6/c1-16-2-5-18(6-3-16)19(25)7-9-23(27)30-15-22(26)24-11-10-17-4-8-20-21(14-17)29-13-12-28-20/h2-6,8,14H,7,9-13,15H2,1H3,(H,24,26). The number of carbonyl (C=O) groups excluding carboxylic acids is 3. The number of nitrogens with one attached hydrogen (secondary N) is 1. The maximum Gasteiger partial charge on any atom is 0.306 e. The molecule has 0 aliphatic carbocycles. The van der Waals surface area contributed by atoms with Crippen LogP contribution in [0.15, 0.2) is 42.5 Å². The molecule has 0 atom stereocenters. The zero-order valence-electron chi connectivity index (χ0n) is 16.9. The topological polar surface area (TPSA) is 90.9 Å². The average molecular weight is 411 g/mol. The van der Waals surface area contributed by atoms with Crippen LogP contribution in [0.5, 0.6) is 11.5 Å². The summed E-state index contributed by atoms with van der Waals surface area (Å²) in [5, 5.41) is 2.71. The number of amides is 1. The average Bonchev–Trinajstić information content (AvgIpc) is 2.76. The number of hydrogen-bond donors (Lipinski definition) is 1. The molecule has 2 aromatic rings. The number of Topliss-reactive ketones (excluding diaryl/α,β-unsaturated/α-hetero) is 1. The van der Waals surface area contributed by atoms with E-state index in [0.29, 0.717) is 37.5 Å². The first-order valence-electron chi connectivity index (χ1n) is 9.92. The molecule has 7 nitrogen and oxygen atoms in total. The molecule has 158 valence electrons. The number of ether oxygens (including phenoxy) is 3. The lowest BCUT2D eigenvalue weighted by atomic mass is 10.1. The molecule has 30 heavy (non-hydrogen) atoms. The molecule has 0 aromatic heterocycles. The van der Waals surface area contributed by atoms with E-state index in [0.717, 1.165) is 16.9 Å². The van der Waals surface area contributed by atoms with Crippen molar-refractivity contribution >= 4 is 17.7 Å². The Kier molecular flexibility index (Phi) is 7.43. The summed E-state index contributed by atoms with van der Waals surface area (Å²) < 4.78 is 16.0. The van der Waals surface area contributed by atoms with Crippen molar-refractivity contribution in [3.05, 3.63) is 59.2 Å². The van der Waals surface area contributed by atoms with Gasteiger partial charge in [0.15, 0.2) is 23.9 Å². The zero-order valence-corrected chi connectivity index (χ0v) is 16.9. The van der Waals surface area contributed by atoms with E-state index in [1.54, 1.807) is 12.1 Å². The smallest absolute Gasteiger partial charge is 0.306 e. The Morgan fingerprint density at radius 3 is 2.47 bits per heavy atom. The molecule has 1 aliphatic heterocycles. The molecule has 0 unspecified atom stereocenters. The first kappa shape index (κ1) is 21.4. The fraction of sp³-hybridized carbons (Fsp3) is 0.348. The highest BCUT2D eigenvalue weighted by atomic mass is 16.6. The van der Waals surface area contributed by atoms with E-state index >= 15 is 0 Å². The van der Waals surface area contributed by atoms with Crippen molar-refractivity contribution in [2.75, 3.05) is 26.4 Å². The van der Waals surface area contributed by atoms with Crippen molar-refractivity contribution in [1.82, 2.24) is 5.32 Å². The summed E-state index contributed by atoms with van der Waals surface area (Å²) in [6.07, 6.45) is 0.603. The van der Waals surface area contributed by atoms with Gasteiger partial charge in [-0.2, -0.15) is 0 Å². The molecule has 7 heteroatoms. The highest BCUT2D eigenvalue weighted by Crippen LogP contribution is 2.30. The van der Waals surface area contributed by atoms with Crippen molar-refractivity contribution in [1.29, 1.82) is 0 Å². The molecule has 0 fully saturated rings.